The Morgan fingerprint density at radius 2 is 1.92 bits per heavy atom. The first-order valence-corrected chi connectivity index (χ1v) is 8.83. The van der Waals surface area contributed by atoms with E-state index in [1.165, 1.54) is 12.8 Å². The molecule has 0 saturated carbocycles. The molecule has 8 heteroatoms. The van der Waals surface area contributed by atoms with Gasteiger partial charge in [0.1, 0.15) is 5.82 Å². The molecule has 0 bridgehead atoms. The number of pyridine rings is 1. The molecule has 0 spiro atoms. The lowest BCUT2D eigenvalue weighted by molar-refractivity contribution is -0.121. The third-order valence-electron chi connectivity index (χ3n) is 3.85. The number of anilines is 1. The van der Waals surface area contributed by atoms with E-state index in [2.05, 4.69) is 43.0 Å². The largest absolute Gasteiger partial charge is 0.357 e. The first kappa shape index (κ1) is 22.5. The fourth-order valence-electron chi connectivity index (χ4n) is 2.69. The van der Waals surface area contributed by atoms with Crippen LogP contribution in [-0.2, 0) is 11.3 Å². The summed E-state index contributed by atoms with van der Waals surface area (Å²) in [6, 6.07) is 4.14. The van der Waals surface area contributed by atoms with Crippen LogP contribution >= 0.6 is 24.0 Å². The van der Waals surface area contributed by atoms with Gasteiger partial charge in [0, 0.05) is 38.4 Å². The fourth-order valence-corrected chi connectivity index (χ4v) is 2.69. The quantitative estimate of drug-likeness (QED) is 0.345. The first-order valence-electron chi connectivity index (χ1n) is 8.83. The van der Waals surface area contributed by atoms with Crippen LogP contribution in [0.1, 0.15) is 39.2 Å². The predicted molar refractivity (Wildman–Crippen MR) is 117 cm³/mol. The van der Waals surface area contributed by atoms with E-state index in [1.807, 2.05) is 27.0 Å². The van der Waals surface area contributed by atoms with Gasteiger partial charge in [-0.25, -0.2) is 4.98 Å². The van der Waals surface area contributed by atoms with Crippen molar-refractivity contribution in [3.63, 3.8) is 0 Å². The predicted octanol–water partition coefficient (Wildman–Crippen LogP) is 1.88. The van der Waals surface area contributed by atoms with Crippen molar-refractivity contribution in [3.05, 3.63) is 23.9 Å². The van der Waals surface area contributed by atoms with Crippen molar-refractivity contribution in [2.24, 2.45) is 4.99 Å². The zero-order chi connectivity index (χ0) is 18.3. The number of guanidine groups is 1. The Bertz CT molecular complexity index is 591. The molecule has 26 heavy (non-hydrogen) atoms. The third-order valence-corrected chi connectivity index (χ3v) is 3.85. The lowest BCUT2D eigenvalue weighted by atomic mass is 10.1. The molecular weight excluding hydrogens is 443 g/mol. The fraction of sp³-hybridized carbons (Fsp3) is 0.611. The Kier molecular flexibility index (Phi) is 9.11. The van der Waals surface area contributed by atoms with E-state index >= 15 is 0 Å². The standard InChI is InChI=1S/C18H30N6O.HI/c1-18(2,3)23-16(25)13-22-17(19-4)21-12-14-7-8-15(20-11-14)24-9-5-6-10-24;/h7-8,11H,5-6,9-10,12-13H2,1-4H3,(H,23,25)(H2,19,21,22);1H. The van der Waals surface area contributed by atoms with Crippen LogP contribution < -0.4 is 20.9 Å². The number of nitrogens with zero attached hydrogens (tertiary/aromatic N) is 3. The number of carbonyl (C=O) groups excluding carboxylic acids is 1. The maximum atomic E-state index is 11.8. The highest BCUT2D eigenvalue weighted by Gasteiger charge is 2.14. The van der Waals surface area contributed by atoms with E-state index in [4.69, 9.17) is 0 Å². The van der Waals surface area contributed by atoms with Gasteiger partial charge < -0.3 is 20.9 Å². The number of nitrogens with one attached hydrogen (secondary N) is 3. The zero-order valence-corrected chi connectivity index (χ0v) is 18.5. The summed E-state index contributed by atoms with van der Waals surface area (Å²) in [5, 5.41) is 9.12. The van der Waals surface area contributed by atoms with E-state index in [-0.39, 0.29) is 42.0 Å². The molecule has 1 aliphatic heterocycles. The van der Waals surface area contributed by atoms with Crippen molar-refractivity contribution in [2.75, 3.05) is 31.6 Å². The highest BCUT2D eigenvalue weighted by Crippen LogP contribution is 2.17. The number of hydrogen-bond donors (Lipinski definition) is 3. The second-order valence-corrected chi connectivity index (χ2v) is 7.30. The van der Waals surface area contributed by atoms with E-state index in [1.54, 1.807) is 7.05 Å². The van der Waals surface area contributed by atoms with Crippen LogP contribution in [0.4, 0.5) is 5.82 Å². The lowest BCUT2D eigenvalue weighted by Gasteiger charge is -2.21. The van der Waals surface area contributed by atoms with Gasteiger partial charge in [0.15, 0.2) is 5.96 Å². The normalized spacial score (nSPS) is 14.6. The van der Waals surface area contributed by atoms with Crippen LogP contribution in [-0.4, -0.2) is 49.1 Å². The second kappa shape index (κ2) is 10.5. The molecule has 1 aromatic heterocycles. The molecule has 1 fully saturated rings. The van der Waals surface area contributed by atoms with Crippen molar-refractivity contribution >= 4 is 41.7 Å². The molecule has 0 aromatic carbocycles. The SMILES string of the molecule is CN=C(NCC(=O)NC(C)(C)C)NCc1ccc(N2CCCC2)nc1.I. The highest BCUT2D eigenvalue weighted by atomic mass is 127. The number of halogens is 1. The van der Waals surface area contributed by atoms with Crippen molar-refractivity contribution < 1.29 is 4.79 Å². The molecule has 1 saturated heterocycles. The average molecular weight is 474 g/mol. The topological polar surface area (TPSA) is 81.6 Å². The number of amides is 1. The lowest BCUT2D eigenvalue weighted by Crippen LogP contribution is -2.48. The molecule has 0 atom stereocenters. The number of hydrogen-bond acceptors (Lipinski definition) is 4. The van der Waals surface area contributed by atoms with Crippen LogP contribution in [0.15, 0.2) is 23.3 Å². The van der Waals surface area contributed by atoms with E-state index in [0.717, 1.165) is 24.5 Å². The molecule has 1 aromatic rings. The second-order valence-electron chi connectivity index (χ2n) is 7.30. The maximum Gasteiger partial charge on any atom is 0.239 e. The molecule has 2 rings (SSSR count). The summed E-state index contributed by atoms with van der Waals surface area (Å²) in [5.74, 6) is 1.57. The first-order chi connectivity index (χ1) is 11.9. The van der Waals surface area contributed by atoms with Crippen LogP contribution in [0.25, 0.3) is 0 Å². The van der Waals surface area contributed by atoms with Gasteiger partial charge in [0.05, 0.1) is 6.54 Å². The van der Waals surface area contributed by atoms with Gasteiger partial charge >= 0.3 is 0 Å². The molecule has 7 nitrogen and oxygen atoms in total. The van der Waals surface area contributed by atoms with Crippen molar-refractivity contribution in [3.8, 4) is 0 Å². The van der Waals surface area contributed by atoms with Gasteiger partial charge in [-0.1, -0.05) is 6.07 Å². The number of carbonyl (C=O) groups is 1. The molecule has 1 aliphatic rings. The number of aromatic nitrogens is 1. The van der Waals surface area contributed by atoms with Crippen LogP contribution in [0, 0.1) is 0 Å². The minimum absolute atomic E-state index is 0. The molecule has 146 valence electrons. The molecule has 1 amide bonds. The molecule has 3 N–H and O–H groups in total. The van der Waals surface area contributed by atoms with Crippen LogP contribution in [0.3, 0.4) is 0 Å². The zero-order valence-electron chi connectivity index (χ0n) is 16.1. The van der Waals surface area contributed by atoms with Crippen molar-refractivity contribution in [1.29, 1.82) is 0 Å². The van der Waals surface area contributed by atoms with Crippen molar-refractivity contribution in [2.45, 2.75) is 45.7 Å². The summed E-state index contributed by atoms with van der Waals surface area (Å²) in [6.45, 7) is 8.84. The maximum absolute atomic E-state index is 11.8. The number of rotatable bonds is 5. The number of aliphatic imine (C=N–C) groups is 1. The smallest absolute Gasteiger partial charge is 0.239 e. The van der Waals surface area contributed by atoms with Gasteiger partial charge in [0.25, 0.3) is 0 Å². The van der Waals surface area contributed by atoms with Gasteiger partial charge in [-0.05, 0) is 45.2 Å². The van der Waals surface area contributed by atoms with Crippen molar-refractivity contribution in [1.82, 2.24) is 20.9 Å². The highest BCUT2D eigenvalue weighted by molar-refractivity contribution is 14.0. The van der Waals surface area contributed by atoms with Gasteiger partial charge in [-0.2, -0.15) is 0 Å². The molecule has 0 aliphatic carbocycles. The van der Waals surface area contributed by atoms with Gasteiger partial charge in [-0.15, -0.1) is 24.0 Å². The Morgan fingerprint density at radius 3 is 2.46 bits per heavy atom. The Hall–Kier alpha value is -1.58. The third kappa shape index (κ3) is 7.76. The minimum atomic E-state index is -0.238. The molecule has 0 radical (unpaired) electrons. The van der Waals surface area contributed by atoms with Crippen LogP contribution in [0.5, 0.6) is 0 Å². The summed E-state index contributed by atoms with van der Waals surface area (Å²) in [4.78, 5) is 22.8. The molecule has 0 unspecified atom stereocenters. The summed E-state index contributed by atoms with van der Waals surface area (Å²) >= 11 is 0. The average Bonchev–Trinajstić information content (AvgIpc) is 3.08. The molecule has 2 heterocycles. The summed E-state index contributed by atoms with van der Waals surface area (Å²) in [7, 11) is 1.69. The van der Waals surface area contributed by atoms with E-state index < -0.39 is 0 Å². The van der Waals surface area contributed by atoms with E-state index in [9.17, 15) is 4.79 Å². The Morgan fingerprint density at radius 1 is 1.23 bits per heavy atom. The summed E-state index contributed by atoms with van der Waals surface area (Å²) in [6.07, 6.45) is 4.38. The summed E-state index contributed by atoms with van der Waals surface area (Å²) < 4.78 is 0. The Balaban J connectivity index is 0.00000338. The van der Waals surface area contributed by atoms with Gasteiger partial charge in [0.2, 0.25) is 5.91 Å². The monoisotopic (exact) mass is 474 g/mol. The molecular formula is C18H31IN6O. The van der Waals surface area contributed by atoms with Crippen LogP contribution in [0.2, 0.25) is 0 Å². The van der Waals surface area contributed by atoms with E-state index in [0.29, 0.717) is 12.5 Å². The van der Waals surface area contributed by atoms with Gasteiger partial charge in [-0.3, -0.25) is 9.79 Å². The Labute approximate surface area is 173 Å². The minimum Gasteiger partial charge on any atom is -0.357 e. The summed E-state index contributed by atoms with van der Waals surface area (Å²) in [5.41, 5.74) is 0.836.